The summed E-state index contributed by atoms with van der Waals surface area (Å²) >= 11 is 0. The summed E-state index contributed by atoms with van der Waals surface area (Å²) in [7, 11) is 0. The van der Waals surface area contributed by atoms with Crippen LogP contribution in [-0.2, 0) is 6.54 Å². The molecule has 1 aliphatic rings. The van der Waals surface area contributed by atoms with E-state index in [4.69, 9.17) is 5.26 Å². The molecule has 0 aliphatic carbocycles. The predicted octanol–water partition coefficient (Wildman–Crippen LogP) is 1.12. The SMILES string of the molecule is CC1(O)CN(Cc2ccccc2C#N)C1. The Labute approximate surface area is 89.6 Å². The van der Waals surface area contributed by atoms with Crippen LogP contribution in [0.25, 0.3) is 0 Å². The first-order chi connectivity index (χ1) is 7.11. The second-order valence-corrected chi connectivity index (χ2v) is 4.41. The lowest BCUT2D eigenvalue weighted by Crippen LogP contribution is -2.59. The van der Waals surface area contributed by atoms with E-state index >= 15 is 0 Å². The molecule has 15 heavy (non-hydrogen) atoms. The van der Waals surface area contributed by atoms with Crippen molar-refractivity contribution in [1.29, 1.82) is 5.26 Å². The minimum absolute atomic E-state index is 0.540. The van der Waals surface area contributed by atoms with Crippen LogP contribution in [0.3, 0.4) is 0 Å². The summed E-state index contributed by atoms with van der Waals surface area (Å²) in [5, 5.41) is 18.5. The van der Waals surface area contributed by atoms with E-state index < -0.39 is 5.60 Å². The van der Waals surface area contributed by atoms with Crippen LogP contribution in [0.1, 0.15) is 18.1 Å². The van der Waals surface area contributed by atoms with E-state index in [0.717, 1.165) is 17.7 Å². The molecule has 1 fully saturated rings. The van der Waals surface area contributed by atoms with Crippen molar-refractivity contribution in [3.8, 4) is 6.07 Å². The van der Waals surface area contributed by atoms with Crippen LogP contribution in [0.5, 0.6) is 0 Å². The van der Waals surface area contributed by atoms with E-state index in [9.17, 15) is 5.11 Å². The van der Waals surface area contributed by atoms with E-state index in [2.05, 4.69) is 11.0 Å². The van der Waals surface area contributed by atoms with E-state index in [0.29, 0.717) is 13.1 Å². The summed E-state index contributed by atoms with van der Waals surface area (Å²) in [4.78, 5) is 2.14. The van der Waals surface area contributed by atoms with Crippen LogP contribution in [0.2, 0.25) is 0 Å². The van der Waals surface area contributed by atoms with Crippen LogP contribution in [0.15, 0.2) is 24.3 Å². The van der Waals surface area contributed by atoms with Gasteiger partial charge in [-0.3, -0.25) is 4.90 Å². The number of hydrogen-bond donors (Lipinski definition) is 1. The molecule has 2 rings (SSSR count). The second kappa shape index (κ2) is 3.65. The molecule has 78 valence electrons. The van der Waals surface area contributed by atoms with Crippen molar-refractivity contribution in [2.75, 3.05) is 13.1 Å². The smallest absolute Gasteiger partial charge is 0.0995 e. The van der Waals surface area contributed by atoms with Crippen molar-refractivity contribution < 1.29 is 5.11 Å². The number of likely N-dealkylation sites (tertiary alicyclic amines) is 1. The van der Waals surface area contributed by atoms with Gasteiger partial charge in [0.1, 0.15) is 0 Å². The summed E-state index contributed by atoms with van der Waals surface area (Å²) in [5.41, 5.74) is 1.22. The standard InChI is InChI=1S/C12H14N2O/c1-12(15)8-14(9-12)7-11-5-3-2-4-10(11)6-13/h2-5,15H,7-9H2,1H3. The fraction of sp³-hybridized carbons (Fsp3) is 0.417. The zero-order valence-electron chi connectivity index (χ0n) is 8.77. The molecular weight excluding hydrogens is 188 g/mol. The Hall–Kier alpha value is -1.37. The molecule has 0 amide bonds. The maximum Gasteiger partial charge on any atom is 0.0995 e. The van der Waals surface area contributed by atoms with Crippen molar-refractivity contribution in [3.05, 3.63) is 35.4 Å². The molecule has 0 saturated carbocycles. The van der Waals surface area contributed by atoms with Crippen LogP contribution < -0.4 is 0 Å². The Bertz CT molecular complexity index is 398. The quantitative estimate of drug-likeness (QED) is 0.782. The van der Waals surface area contributed by atoms with Gasteiger partial charge in [-0.1, -0.05) is 18.2 Å². The molecule has 0 spiro atoms. The normalized spacial score (nSPS) is 19.3. The highest BCUT2D eigenvalue weighted by Crippen LogP contribution is 2.22. The minimum Gasteiger partial charge on any atom is -0.388 e. The van der Waals surface area contributed by atoms with Crippen LogP contribution in [0, 0.1) is 11.3 Å². The van der Waals surface area contributed by atoms with Gasteiger partial charge in [0.15, 0.2) is 0 Å². The number of aliphatic hydroxyl groups is 1. The molecule has 0 radical (unpaired) electrons. The van der Waals surface area contributed by atoms with Crippen LogP contribution >= 0.6 is 0 Å². The van der Waals surface area contributed by atoms with Crippen LogP contribution in [-0.4, -0.2) is 28.7 Å². The number of β-amino-alcohol motifs (C(OH)–C–C–N with tert-alkyl or cyclic N) is 1. The molecule has 3 nitrogen and oxygen atoms in total. The Balaban J connectivity index is 2.04. The number of nitrogens with zero attached hydrogens (tertiary/aromatic N) is 2. The Morgan fingerprint density at radius 3 is 2.73 bits per heavy atom. The molecule has 0 unspecified atom stereocenters. The van der Waals surface area contributed by atoms with E-state index in [1.165, 1.54) is 0 Å². The van der Waals surface area contributed by atoms with Gasteiger partial charge < -0.3 is 5.11 Å². The molecule has 1 aliphatic heterocycles. The maximum absolute atomic E-state index is 9.58. The van der Waals surface area contributed by atoms with Gasteiger partial charge >= 0.3 is 0 Å². The summed E-state index contributed by atoms with van der Waals surface area (Å²) in [6.07, 6.45) is 0. The fourth-order valence-electron chi connectivity index (χ4n) is 2.04. The molecule has 1 aromatic carbocycles. The highest BCUT2D eigenvalue weighted by molar-refractivity contribution is 5.37. The van der Waals surface area contributed by atoms with Gasteiger partial charge in [-0.05, 0) is 18.6 Å². The third-order valence-electron chi connectivity index (χ3n) is 2.66. The molecule has 0 bridgehead atoms. The number of hydrogen-bond acceptors (Lipinski definition) is 3. The summed E-state index contributed by atoms with van der Waals surface area (Å²) in [5.74, 6) is 0. The zero-order valence-corrected chi connectivity index (χ0v) is 8.77. The van der Waals surface area contributed by atoms with Gasteiger partial charge in [-0.2, -0.15) is 5.26 Å². The molecule has 0 aromatic heterocycles. The van der Waals surface area contributed by atoms with Crippen LogP contribution in [0.4, 0.5) is 0 Å². The molecule has 1 heterocycles. The minimum atomic E-state index is -0.540. The average molecular weight is 202 g/mol. The summed E-state index contributed by atoms with van der Waals surface area (Å²) in [6.45, 7) is 3.96. The molecular formula is C12H14N2O. The first kappa shape index (κ1) is 10.2. The first-order valence-electron chi connectivity index (χ1n) is 5.03. The number of nitriles is 1. The fourth-order valence-corrected chi connectivity index (χ4v) is 2.04. The Kier molecular flexibility index (Phi) is 2.47. The second-order valence-electron chi connectivity index (χ2n) is 4.41. The molecule has 1 aromatic rings. The molecule has 3 heteroatoms. The zero-order chi connectivity index (χ0) is 10.9. The molecule has 0 atom stereocenters. The third-order valence-corrected chi connectivity index (χ3v) is 2.66. The topological polar surface area (TPSA) is 47.3 Å². The Morgan fingerprint density at radius 1 is 1.47 bits per heavy atom. The van der Waals surface area contributed by atoms with Gasteiger partial charge in [-0.25, -0.2) is 0 Å². The van der Waals surface area contributed by atoms with Gasteiger partial charge in [0, 0.05) is 19.6 Å². The van der Waals surface area contributed by atoms with Crippen molar-refractivity contribution >= 4 is 0 Å². The van der Waals surface area contributed by atoms with Crippen molar-refractivity contribution in [3.63, 3.8) is 0 Å². The van der Waals surface area contributed by atoms with E-state index in [1.54, 1.807) is 0 Å². The highest BCUT2D eigenvalue weighted by atomic mass is 16.3. The van der Waals surface area contributed by atoms with E-state index in [-0.39, 0.29) is 0 Å². The monoisotopic (exact) mass is 202 g/mol. The molecule has 1 N–H and O–H groups in total. The van der Waals surface area contributed by atoms with Gasteiger partial charge in [0.25, 0.3) is 0 Å². The lowest BCUT2D eigenvalue weighted by molar-refractivity contribution is -0.0871. The first-order valence-corrected chi connectivity index (χ1v) is 5.03. The van der Waals surface area contributed by atoms with Crippen molar-refractivity contribution in [2.45, 2.75) is 19.1 Å². The summed E-state index contributed by atoms with van der Waals surface area (Å²) in [6, 6.07) is 9.78. The predicted molar refractivity (Wildman–Crippen MR) is 57.1 cm³/mol. The highest BCUT2D eigenvalue weighted by Gasteiger charge is 2.36. The lowest BCUT2D eigenvalue weighted by atomic mass is 9.95. The maximum atomic E-state index is 9.58. The lowest BCUT2D eigenvalue weighted by Gasteiger charge is -2.44. The van der Waals surface area contributed by atoms with Gasteiger partial charge in [0.2, 0.25) is 0 Å². The largest absolute Gasteiger partial charge is 0.388 e. The summed E-state index contributed by atoms with van der Waals surface area (Å²) < 4.78 is 0. The van der Waals surface area contributed by atoms with E-state index in [1.807, 2.05) is 31.2 Å². The van der Waals surface area contributed by atoms with Crippen molar-refractivity contribution in [1.82, 2.24) is 4.90 Å². The Morgan fingerprint density at radius 2 is 2.13 bits per heavy atom. The van der Waals surface area contributed by atoms with Gasteiger partial charge in [-0.15, -0.1) is 0 Å². The third kappa shape index (κ3) is 2.17. The number of benzene rings is 1. The average Bonchev–Trinajstić information content (AvgIpc) is 2.16. The van der Waals surface area contributed by atoms with Crippen molar-refractivity contribution in [2.24, 2.45) is 0 Å². The van der Waals surface area contributed by atoms with Gasteiger partial charge in [0.05, 0.1) is 17.2 Å². The number of rotatable bonds is 2. The molecule has 1 saturated heterocycles.